The smallest absolute Gasteiger partial charge is 0.247 e. The molecule has 33 heavy (non-hydrogen) atoms. The van der Waals surface area contributed by atoms with Crippen LogP contribution in [0.3, 0.4) is 0 Å². The molecule has 1 fully saturated rings. The molecule has 0 unspecified atom stereocenters. The molecule has 0 radical (unpaired) electrons. The zero-order valence-electron chi connectivity index (χ0n) is 18.6. The first-order valence-electron chi connectivity index (χ1n) is 11.1. The van der Waals surface area contributed by atoms with Gasteiger partial charge in [0.2, 0.25) is 11.8 Å². The number of hydrogen-bond donors (Lipinski definition) is 1. The van der Waals surface area contributed by atoms with E-state index in [1.54, 1.807) is 4.90 Å². The van der Waals surface area contributed by atoms with E-state index < -0.39 is 6.04 Å². The lowest BCUT2D eigenvalue weighted by Gasteiger charge is -2.24. The van der Waals surface area contributed by atoms with Gasteiger partial charge in [0, 0.05) is 16.6 Å². The van der Waals surface area contributed by atoms with Crippen LogP contribution >= 0.6 is 15.9 Å². The zero-order chi connectivity index (χ0) is 23.2. The van der Waals surface area contributed by atoms with Crippen molar-refractivity contribution in [3.8, 4) is 5.75 Å². The van der Waals surface area contributed by atoms with Crippen LogP contribution in [0.4, 0.5) is 5.69 Å². The van der Waals surface area contributed by atoms with Crippen molar-refractivity contribution in [2.24, 2.45) is 0 Å². The first-order valence-corrected chi connectivity index (χ1v) is 11.9. The Morgan fingerprint density at radius 1 is 1.03 bits per heavy atom. The Morgan fingerprint density at radius 3 is 2.55 bits per heavy atom. The minimum Gasteiger partial charge on any atom is -0.487 e. The first-order chi connectivity index (χ1) is 16.0. The summed E-state index contributed by atoms with van der Waals surface area (Å²) >= 11 is 3.53. The number of halogens is 1. The van der Waals surface area contributed by atoms with Crippen LogP contribution in [0.2, 0.25) is 0 Å². The van der Waals surface area contributed by atoms with Gasteiger partial charge >= 0.3 is 0 Å². The van der Waals surface area contributed by atoms with Gasteiger partial charge < -0.3 is 15.0 Å². The third kappa shape index (κ3) is 5.82. The summed E-state index contributed by atoms with van der Waals surface area (Å²) in [5.74, 6) is 0.397. The number of nitrogens with one attached hydrogen (secondary N) is 1. The molecule has 1 N–H and O–H groups in total. The predicted octanol–water partition coefficient (Wildman–Crippen LogP) is 5.51. The lowest BCUT2D eigenvalue weighted by atomic mass is 10.1. The van der Waals surface area contributed by atoms with Gasteiger partial charge in [-0.1, -0.05) is 76.1 Å². The summed E-state index contributed by atoms with van der Waals surface area (Å²) in [4.78, 5) is 27.8. The Balaban J connectivity index is 1.41. The number of para-hydroxylation sites is 2. The van der Waals surface area contributed by atoms with Gasteiger partial charge in [-0.3, -0.25) is 9.59 Å². The maximum Gasteiger partial charge on any atom is 0.247 e. The van der Waals surface area contributed by atoms with Crippen molar-refractivity contribution in [3.63, 3.8) is 0 Å². The van der Waals surface area contributed by atoms with Gasteiger partial charge in [-0.15, -0.1) is 0 Å². The van der Waals surface area contributed by atoms with E-state index in [2.05, 4.69) is 21.2 Å². The van der Waals surface area contributed by atoms with Gasteiger partial charge in [0.05, 0.1) is 12.1 Å². The molecule has 0 saturated carbocycles. The molecule has 1 aliphatic rings. The second-order valence-electron chi connectivity index (χ2n) is 8.27. The molecule has 5 nitrogen and oxygen atoms in total. The SMILES string of the molecule is Cc1ccc(CC(=O)N2CCC[C@@H]2C(=O)Nc2ccccc2OCc2ccccc2Br)cc1. The Morgan fingerprint density at radius 2 is 1.76 bits per heavy atom. The molecule has 170 valence electrons. The van der Waals surface area contributed by atoms with Crippen molar-refractivity contribution < 1.29 is 14.3 Å². The number of nitrogens with zero attached hydrogens (tertiary/aromatic N) is 1. The highest BCUT2D eigenvalue weighted by atomic mass is 79.9. The van der Waals surface area contributed by atoms with Gasteiger partial charge in [-0.25, -0.2) is 0 Å². The number of anilines is 1. The van der Waals surface area contributed by atoms with Crippen molar-refractivity contribution in [1.82, 2.24) is 4.90 Å². The average Bonchev–Trinajstić information content (AvgIpc) is 3.31. The van der Waals surface area contributed by atoms with Crippen LogP contribution in [0.15, 0.2) is 77.3 Å². The minimum atomic E-state index is -0.473. The summed E-state index contributed by atoms with van der Waals surface area (Å²) in [5.41, 5.74) is 3.74. The summed E-state index contributed by atoms with van der Waals surface area (Å²) in [6, 6.07) is 22.7. The molecule has 0 aliphatic carbocycles. The average molecular weight is 507 g/mol. The lowest BCUT2D eigenvalue weighted by Crippen LogP contribution is -2.43. The summed E-state index contributed by atoms with van der Waals surface area (Å²) in [5, 5.41) is 2.99. The summed E-state index contributed by atoms with van der Waals surface area (Å²) in [6.07, 6.45) is 1.78. The third-order valence-corrected chi connectivity index (χ3v) is 6.61. The monoisotopic (exact) mass is 506 g/mol. The number of amides is 2. The zero-order valence-corrected chi connectivity index (χ0v) is 20.2. The molecule has 1 atom stereocenters. The van der Waals surface area contributed by atoms with E-state index in [1.165, 1.54) is 0 Å². The molecular weight excluding hydrogens is 480 g/mol. The van der Waals surface area contributed by atoms with Crippen LogP contribution in [0.25, 0.3) is 0 Å². The molecule has 1 heterocycles. The third-order valence-electron chi connectivity index (χ3n) is 5.84. The highest BCUT2D eigenvalue weighted by molar-refractivity contribution is 9.10. The fourth-order valence-corrected chi connectivity index (χ4v) is 4.40. The number of carbonyl (C=O) groups excluding carboxylic acids is 2. The second kappa shape index (κ2) is 10.7. The molecule has 3 aromatic carbocycles. The van der Waals surface area contributed by atoms with Crippen molar-refractivity contribution in [3.05, 3.63) is 94.0 Å². The van der Waals surface area contributed by atoms with Crippen molar-refractivity contribution in [2.75, 3.05) is 11.9 Å². The fraction of sp³-hybridized carbons (Fsp3) is 0.259. The number of carbonyl (C=O) groups is 2. The second-order valence-corrected chi connectivity index (χ2v) is 9.13. The number of benzene rings is 3. The fourth-order valence-electron chi connectivity index (χ4n) is 4.00. The molecule has 6 heteroatoms. The molecule has 4 rings (SSSR count). The molecule has 2 amide bonds. The van der Waals surface area contributed by atoms with Crippen LogP contribution in [-0.4, -0.2) is 29.3 Å². The Bertz CT molecular complexity index is 1130. The van der Waals surface area contributed by atoms with Crippen LogP contribution in [0.1, 0.15) is 29.5 Å². The van der Waals surface area contributed by atoms with Crippen molar-refractivity contribution in [1.29, 1.82) is 0 Å². The minimum absolute atomic E-state index is 0.0185. The Labute approximate surface area is 202 Å². The summed E-state index contributed by atoms with van der Waals surface area (Å²) in [7, 11) is 0. The standard InChI is InChI=1S/C27H27BrN2O3/c1-19-12-14-20(15-13-19)17-26(31)30-16-6-10-24(30)27(32)29-23-9-4-5-11-25(23)33-18-21-7-2-3-8-22(21)28/h2-5,7-9,11-15,24H,6,10,16-18H2,1H3,(H,29,32)/t24-/m1/s1. The van der Waals surface area contributed by atoms with E-state index in [9.17, 15) is 9.59 Å². The maximum absolute atomic E-state index is 13.1. The Hall–Kier alpha value is -3.12. The number of ether oxygens (including phenoxy) is 1. The molecular formula is C27H27BrN2O3. The molecule has 1 aliphatic heterocycles. The summed E-state index contributed by atoms with van der Waals surface area (Å²) < 4.78 is 6.98. The van der Waals surface area contributed by atoms with Crippen molar-refractivity contribution in [2.45, 2.75) is 38.8 Å². The van der Waals surface area contributed by atoms with Crippen molar-refractivity contribution >= 4 is 33.4 Å². The van der Waals surface area contributed by atoms with Crippen LogP contribution < -0.4 is 10.1 Å². The van der Waals surface area contributed by atoms with E-state index in [0.29, 0.717) is 37.4 Å². The molecule has 0 spiro atoms. The highest BCUT2D eigenvalue weighted by Gasteiger charge is 2.34. The predicted molar refractivity (Wildman–Crippen MR) is 133 cm³/mol. The Kier molecular flexibility index (Phi) is 7.45. The van der Waals surface area contributed by atoms with Gasteiger partial charge in [-0.05, 0) is 43.5 Å². The summed E-state index contributed by atoms with van der Waals surface area (Å²) in [6.45, 7) is 2.99. The number of rotatable bonds is 7. The quantitative estimate of drug-likeness (QED) is 0.459. The maximum atomic E-state index is 13.1. The van der Waals surface area contributed by atoms with Crippen LogP contribution in [-0.2, 0) is 22.6 Å². The highest BCUT2D eigenvalue weighted by Crippen LogP contribution is 2.28. The molecule has 0 aromatic heterocycles. The van der Waals surface area contributed by atoms with Crippen LogP contribution in [0.5, 0.6) is 5.75 Å². The van der Waals surface area contributed by atoms with Crippen LogP contribution in [0, 0.1) is 6.92 Å². The van der Waals surface area contributed by atoms with Gasteiger partial charge in [0.25, 0.3) is 0 Å². The number of aryl methyl sites for hydroxylation is 1. The lowest BCUT2D eigenvalue weighted by molar-refractivity contribution is -0.136. The van der Waals surface area contributed by atoms with Gasteiger partial charge in [0.1, 0.15) is 18.4 Å². The first kappa shape index (κ1) is 23.1. The van der Waals surface area contributed by atoms with E-state index in [-0.39, 0.29) is 11.8 Å². The molecule has 0 bridgehead atoms. The molecule has 1 saturated heterocycles. The van der Waals surface area contributed by atoms with Gasteiger partial charge in [0.15, 0.2) is 0 Å². The number of likely N-dealkylation sites (tertiary alicyclic amines) is 1. The van der Waals surface area contributed by atoms with E-state index in [0.717, 1.165) is 27.6 Å². The van der Waals surface area contributed by atoms with Gasteiger partial charge in [-0.2, -0.15) is 0 Å². The van der Waals surface area contributed by atoms with E-state index in [1.807, 2.05) is 79.7 Å². The molecule has 3 aromatic rings. The van der Waals surface area contributed by atoms with E-state index in [4.69, 9.17) is 4.74 Å². The normalized spacial score (nSPS) is 15.3. The topological polar surface area (TPSA) is 58.6 Å². The largest absolute Gasteiger partial charge is 0.487 e. The number of hydrogen-bond acceptors (Lipinski definition) is 3. The van der Waals surface area contributed by atoms with E-state index >= 15 is 0 Å².